The molecule has 2 aromatic carbocycles. The highest BCUT2D eigenvalue weighted by atomic mass is 16.5. The Morgan fingerprint density at radius 1 is 1.15 bits per heavy atom. The molecule has 0 radical (unpaired) electrons. The average Bonchev–Trinajstić information content (AvgIpc) is 3.48. The van der Waals surface area contributed by atoms with Crippen LogP contribution in [0.2, 0.25) is 0 Å². The Bertz CT molecular complexity index is 1320. The lowest BCUT2D eigenvalue weighted by Crippen LogP contribution is -2.34. The van der Waals surface area contributed by atoms with E-state index in [0.717, 1.165) is 42.8 Å². The average molecular weight is 460 g/mol. The third-order valence-electron chi connectivity index (χ3n) is 5.88. The number of rotatable bonds is 6. The van der Waals surface area contributed by atoms with E-state index in [2.05, 4.69) is 25.3 Å². The third-order valence-corrected chi connectivity index (χ3v) is 5.88. The van der Waals surface area contributed by atoms with Gasteiger partial charge in [-0.05, 0) is 68.8 Å². The number of piperidine rings is 1. The molecule has 10 nitrogen and oxygen atoms in total. The number of nitrogens with zero attached hydrogens (tertiary/aromatic N) is 3. The predicted molar refractivity (Wildman–Crippen MR) is 127 cm³/mol. The lowest BCUT2D eigenvalue weighted by atomic mass is 10.1. The molecular weight excluding hydrogens is 434 g/mol. The number of nitrogens with one attached hydrogen (secondary N) is 3. The minimum atomic E-state index is -0.771. The van der Waals surface area contributed by atoms with Crippen LogP contribution in [-0.2, 0) is 0 Å². The van der Waals surface area contributed by atoms with Gasteiger partial charge in [0.15, 0.2) is 5.69 Å². The highest BCUT2D eigenvalue weighted by Gasteiger charge is 2.29. The van der Waals surface area contributed by atoms with Gasteiger partial charge in [0.1, 0.15) is 17.5 Å². The first-order valence-corrected chi connectivity index (χ1v) is 11.1. The number of aryl methyl sites for hydroxylation is 1. The Hall–Kier alpha value is -4.18. The SMILES string of the molecule is Cc1cc(OC2CCNCC2)ccc1N(C(=O)c1nc[nH]c1C(N)=O)c1nc2ccccc2[nH]1. The van der Waals surface area contributed by atoms with Crippen LogP contribution in [0.25, 0.3) is 11.0 Å². The molecule has 0 bridgehead atoms. The van der Waals surface area contributed by atoms with Gasteiger partial charge < -0.3 is 25.8 Å². The number of ether oxygens (including phenoxy) is 1. The molecule has 2 amide bonds. The van der Waals surface area contributed by atoms with E-state index in [9.17, 15) is 9.59 Å². The molecule has 1 fully saturated rings. The quantitative estimate of drug-likeness (QED) is 0.349. The maximum Gasteiger partial charge on any atom is 0.286 e. The van der Waals surface area contributed by atoms with Crippen LogP contribution >= 0.6 is 0 Å². The molecule has 0 atom stereocenters. The van der Waals surface area contributed by atoms with E-state index in [4.69, 9.17) is 10.5 Å². The topological polar surface area (TPSA) is 142 Å². The van der Waals surface area contributed by atoms with E-state index in [1.54, 1.807) is 0 Å². The fourth-order valence-corrected chi connectivity index (χ4v) is 4.17. The molecule has 0 spiro atoms. The van der Waals surface area contributed by atoms with E-state index in [-0.39, 0.29) is 17.5 Å². The van der Waals surface area contributed by atoms with Gasteiger partial charge in [0.05, 0.1) is 23.0 Å². The molecule has 174 valence electrons. The number of amides is 2. The van der Waals surface area contributed by atoms with E-state index >= 15 is 0 Å². The van der Waals surface area contributed by atoms with Gasteiger partial charge in [-0.15, -0.1) is 0 Å². The summed E-state index contributed by atoms with van der Waals surface area (Å²) >= 11 is 0. The van der Waals surface area contributed by atoms with Gasteiger partial charge in [-0.25, -0.2) is 14.9 Å². The maximum absolute atomic E-state index is 13.7. The Balaban J connectivity index is 1.56. The predicted octanol–water partition coefficient (Wildman–Crippen LogP) is 2.80. The van der Waals surface area contributed by atoms with Crippen molar-refractivity contribution in [2.24, 2.45) is 5.73 Å². The minimum Gasteiger partial charge on any atom is -0.490 e. The summed E-state index contributed by atoms with van der Waals surface area (Å²) in [5.41, 5.74) is 8.17. The van der Waals surface area contributed by atoms with Gasteiger partial charge in [0.25, 0.3) is 11.8 Å². The number of anilines is 2. The molecular formula is C24H25N7O3. The normalized spacial score (nSPS) is 14.3. The minimum absolute atomic E-state index is 0.0605. The van der Waals surface area contributed by atoms with Crippen molar-refractivity contribution in [2.45, 2.75) is 25.9 Å². The second kappa shape index (κ2) is 8.99. The fourth-order valence-electron chi connectivity index (χ4n) is 4.17. The van der Waals surface area contributed by atoms with Crippen LogP contribution in [0.4, 0.5) is 11.6 Å². The molecule has 2 aromatic heterocycles. The van der Waals surface area contributed by atoms with Crippen molar-refractivity contribution in [3.8, 4) is 5.75 Å². The summed E-state index contributed by atoms with van der Waals surface area (Å²) in [5.74, 6) is -0.264. The van der Waals surface area contributed by atoms with Crippen molar-refractivity contribution in [3.63, 3.8) is 0 Å². The van der Waals surface area contributed by atoms with Crippen molar-refractivity contribution in [1.29, 1.82) is 0 Å². The number of primary amides is 1. The zero-order valence-electron chi connectivity index (χ0n) is 18.7. The van der Waals surface area contributed by atoms with Crippen LogP contribution in [-0.4, -0.2) is 50.9 Å². The number of nitrogens with two attached hydrogens (primary N) is 1. The van der Waals surface area contributed by atoms with Gasteiger partial charge >= 0.3 is 0 Å². The van der Waals surface area contributed by atoms with Gasteiger partial charge in [-0.2, -0.15) is 0 Å². The Morgan fingerprint density at radius 3 is 2.68 bits per heavy atom. The largest absolute Gasteiger partial charge is 0.490 e. The first kappa shape index (κ1) is 21.7. The molecule has 5 N–H and O–H groups in total. The third kappa shape index (κ3) is 4.11. The number of carbonyl (C=O) groups excluding carboxylic acids is 2. The first-order chi connectivity index (χ1) is 16.5. The van der Waals surface area contributed by atoms with Crippen LogP contribution < -0.4 is 20.7 Å². The van der Waals surface area contributed by atoms with E-state index in [0.29, 0.717) is 17.2 Å². The molecule has 0 aliphatic carbocycles. The number of benzene rings is 2. The van der Waals surface area contributed by atoms with Crippen LogP contribution in [0.3, 0.4) is 0 Å². The number of hydrogen-bond acceptors (Lipinski definition) is 6. The first-order valence-electron chi connectivity index (χ1n) is 11.1. The standard InChI is InChI=1S/C24H25N7O3/c1-14-12-16(34-15-8-10-26-11-9-15)6-7-19(14)31(23(33)21-20(22(25)32)27-13-28-21)24-29-17-4-2-3-5-18(17)30-24/h2-7,12-13,15,26H,8-11H2,1H3,(H2,25,32)(H,27,28)(H,29,30). The Morgan fingerprint density at radius 2 is 1.94 bits per heavy atom. The lowest BCUT2D eigenvalue weighted by Gasteiger charge is -2.25. The molecule has 1 aliphatic heterocycles. The van der Waals surface area contributed by atoms with E-state index in [1.165, 1.54) is 11.2 Å². The van der Waals surface area contributed by atoms with Gasteiger partial charge in [0, 0.05) is 0 Å². The summed E-state index contributed by atoms with van der Waals surface area (Å²) in [7, 11) is 0. The highest BCUT2D eigenvalue weighted by molar-refractivity contribution is 6.14. The number of aromatic amines is 2. The lowest BCUT2D eigenvalue weighted by molar-refractivity contribution is 0.0961. The number of aromatic nitrogens is 4. The summed E-state index contributed by atoms with van der Waals surface area (Å²) in [6, 6.07) is 13.0. The van der Waals surface area contributed by atoms with Crippen LogP contribution in [0.15, 0.2) is 48.8 Å². The molecule has 1 aliphatic rings. The highest BCUT2D eigenvalue weighted by Crippen LogP contribution is 2.33. The molecule has 3 heterocycles. The molecule has 10 heteroatoms. The van der Waals surface area contributed by atoms with Gasteiger partial charge in [0.2, 0.25) is 5.95 Å². The van der Waals surface area contributed by atoms with Crippen molar-refractivity contribution >= 4 is 34.5 Å². The number of carbonyl (C=O) groups is 2. The van der Waals surface area contributed by atoms with Crippen molar-refractivity contribution < 1.29 is 14.3 Å². The Labute approximate surface area is 195 Å². The Kier molecular flexibility index (Phi) is 5.72. The number of para-hydroxylation sites is 2. The zero-order chi connectivity index (χ0) is 23.7. The molecule has 34 heavy (non-hydrogen) atoms. The molecule has 0 saturated carbocycles. The van der Waals surface area contributed by atoms with E-state index < -0.39 is 11.8 Å². The monoisotopic (exact) mass is 459 g/mol. The smallest absolute Gasteiger partial charge is 0.286 e. The van der Waals surface area contributed by atoms with Crippen LogP contribution in [0.5, 0.6) is 5.75 Å². The van der Waals surface area contributed by atoms with Crippen LogP contribution in [0.1, 0.15) is 39.4 Å². The summed E-state index contributed by atoms with van der Waals surface area (Å²) in [6.07, 6.45) is 3.31. The zero-order valence-corrected chi connectivity index (χ0v) is 18.7. The summed E-state index contributed by atoms with van der Waals surface area (Å²) in [4.78, 5) is 41.5. The number of imidazole rings is 2. The molecule has 5 rings (SSSR count). The van der Waals surface area contributed by atoms with Crippen molar-refractivity contribution in [1.82, 2.24) is 25.3 Å². The summed E-state index contributed by atoms with van der Waals surface area (Å²) in [5, 5.41) is 3.33. The maximum atomic E-state index is 13.7. The summed E-state index contributed by atoms with van der Waals surface area (Å²) < 4.78 is 6.16. The van der Waals surface area contributed by atoms with Crippen LogP contribution in [0, 0.1) is 6.92 Å². The number of H-pyrrole nitrogens is 2. The molecule has 1 saturated heterocycles. The van der Waals surface area contributed by atoms with Crippen molar-refractivity contribution in [3.05, 3.63) is 65.7 Å². The van der Waals surface area contributed by atoms with Gasteiger partial charge in [-0.3, -0.25) is 9.59 Å². The van der Waals surface area contributed by atoms with Gasteiger partial charge in [-0.1, -0.05) is 12.1 Å². The second-order valence-electron chi connectivity index (χ2n) is 8.22. The fraction of sp³-hybridized carbons (Fsp3) is 0.250. The second-order valence-corrected chi connectivity index (χ2v) is 8.22. The number of fused-ring (bicyclic) bond motifs is 1. The van der Waals surface area contributed by atoms with E-state index in [1.807, 2.05) is 49.4 Å². The van der Waals surface area contributed by atoms with Crippen molar-refractivity contribution in [2.75, 3.05) is 18.0 Å². The molecule has 4 aromatic rings. The number of hydrogen-bond donors (Lipinski definition) is 4. The molecule has 0 unspecified atom stereocenters. The summed E-state index contributed by atoms with van der Waals surface area (Å²) in [6.45, 7) is 3.76.